The Balaban J connectivity index is 2.15. The van der Waals surface area contributed by atoms with Gasteiger partial charge in [-0.15, -0.1) is 0 Å². The lowest BCUT2D eigenvalue weighted by molar-refractivity contribution is 0.628. The maximum Gasteiger partial charge on any atom is 0.126 e. The van der Waals surface area contributed by atoms with Crippen LogP contribution < -0.4 is 5.32 Å². The number of rotatable bonds is 3. The summed E-state index contributed by atoms with van der Waals surface area (Å²) in [5, 5.41) is 7.69. The van der Waals surface area contributed by atoms with Crippen LogP contribution in [0.3, 0.4) is 0 Å². The lowest BCUT2D eigenvalue weighted by Gasteiger charge is -2.09. The van der Waals surface area contributed by atoms with Crippen LogP contribution in [0.25, 0.3) is 0 Å². The monoisotopic (exact) mass is 275 g/mol. The third-order valence-corrected chi connectivity index (χ3v) is 3.38. The zero-order chi connectivity index (χ0) is 11.5. The lowest BCUT2D eigenvalue weighted by atomic mass is 10.3. The van der Waals surface area contributed by atoms with Crippen molar-refractivity contribution in [2.45, 2.75) is 6.54 Å². The summed E-state index contributed by atoms with van der Waals surface area (Å²) >= 11 is 13.4. The van der Waals surface area contributed by atoms with E-state index < -0.39 is 5.82 Å². The first-order valence-corrected chi connectivity index (χ1v) is 6.26. The Kier molecular flexibility index (Phi) is 3.69. The van der Waals surface area contributed by atoms with Gasteiger partial charge in [-0.25, -0.2) is 4.39 Å². The fourth-order valence-corrected chi connectivity index (χ4v) is 2.56. The van der Waals surface area contributed by atoms with Crippen molar-refractivity contribution >= 4 is 40.2 Å². The molecule has 0 saturated carbocycles. The van der Waals surface area contributed by atoms with E-state index >= 15 is 0 Å². The first-order chi connectivity index (χ1) is 7.66. The highest BCUT2D eigenvalue weighted by Gasteiger charge is 2.07. The third-order valence-electron chi connectivity index (χ3n) is 2.06. The van der Waals surface area contributed by atoms with Crippen LogP contribution >= 0.6 is 34.5 Å². The summed E-state index contributed by atoms with van der Waals surface area (Å²) in [6, 6.07) is 4.48. The summed E-state index contributed by atoms with van der Waals surface area (Å²) in [5.41, 5.74) is 1.71. The normalized spacial score (nSPS) is 10.4. The molecule has 0 spiro atoms. The summed E-state index contributed by atoms with van der Waals surface area (Å²) in [7, 11) is 0. The number of nitrogens with one attached hydrogen (secondary N) is 1. The van der Waals surface area contributed by atoms with Crippen LogP contribution in [0, 0.1) is 5.82 Å². The zero-order valence-corrected chi connectivity index (χ0v) is 10.5. The number of thiophene rings is 1. The standard InChI is InChI=1S/C11H8Cl2FNS/c12-9-3-8(14)4-10(13)11(9)15-5-7-1-2-16-6-7/h1-4,6,15H,5H2. The topological polar surface area (TPSA) is 12.0 Å². The Morgan fingerprint density at radius 1 is 1.25 bits per heavy atom. The van der Waals surface area contributed by atoms with Gasteiger partial charge >= 0.3 is 0 Å². The summed E-state index contributed by atoms with van der Waals surface area (Å²) in [5.74, 6) is -0.434. The maximum absolute atomic E-state index is 12.9. The van der Waals surface area contributed by atoms with E-state index in [0.717, 1.165) is 5.56 Å². The van der Waals surface area contributed by atoms with Crippen LogP contribution in [0.5, 0.6) is 0 Å². The lowest BCUT2D eigenvalue weighted by Crippen LogP contribution is -1.99. The van der Waals surface area contributed by atoms with E-state index in [-0.39, 0.29) is 0 Å². The molecule has 0 atom stereocenters. The molecule has 0 radical (unpaired) electrons. The highest BCUT2D eigenvalue weighted by atomic mass is 35.5. The Morgan fingerprint density at radius 2 is 1.94 bits per heavy atom. The van der Waals surface area contributed by atoms with Gasteiger partial charge in [-0.3, -0.25) is 0 Å². The van der Waals surface area contributed by atoms with Crippen LogP contribution in [0.1, 0.15) is 5.56 Å². The minimum Gasteiger partial charge on any atom is -0.379 e. The molecule has 1 N–H and O–H groups in total. The summed E-state index contributed by atoms with van der Waals surface area (Å²) in [4.78, 5) is 0. The fourth-order valence-electron chi connectivity index (χ4n) is 1.29. The SMILES string of the molecule is Fc1cc(Cl)c(NCc2ccsc2)c(Cl)c1. The summed E-state index contributed by atoms with van der Waals surface area (Å²) in [6.45, 7) is 0.620. The van der Waals surface area contributed by atoms with Gasteiger partial charge in [0.2, 0.25) is 0 Å². The highest BCUT2D eigenvalue weighted by Crippen LogP contribution is 2.31. The number of anilines is 1. The smallest absolute Gasteiger partial charge is 0.126 e. The van der Waals surface area contributed by atoms with Crippen molar-refractivity contribution in [2.75, 3.05) is 5.32 Å². The van der Waals surface area contributed by atoms with Crippen molar-refractivity contribution in [3.8, 4) is 0 Å². The second kappa shape index (κ2) is 5.04. The maximum atomic E-state index is 12.9. The number of hydrogen-bond donors (Lipinski definition) is 1. The van der Waals surface area contributed by atoms with E-state index in [2.05, 4.69) is 5.32 Å². The molecule has 0 aliphatic heterocycles. The molecule has 0 saturated heterocycles. The molecule has 84 valence electrons. The van der Waals surface area contributed by atoms with Crippen molar-refractivity contribution in [1.29, 1.82) is 0 Å². The molecular weight excluding hydrogens is 268 g/mol. The molecule has 1 aromatic carbocycles. The summed E-state index contributed by atoms with van der Waals surface area (Å²) in [6.07, 6.45) is 0. The van der Waals surface area contributed by atoms with E-state index in [0.29, 0.717) is 22.3 Å². The van der Waals surface area contributed by atoms with Crippen LogP contribution in [0.4, 0.5) is 10.1 Å². The molecule has 0 amide bonds. The van der Waals surface area contributed by atoms with Gasteiger partial charge in [0.05, 0.1) is 15.7 Å². The van der Waals surface area contributed by atoms with E-state index in [1.807, 2.05) is 16.8 Å². The number of benzene rings is 1. The molecule has 0 aliphatic carbocycles. The largest absolute Gasteiger partial charge is 0.379 e. The van der Waals surface area contributed by atoms with Crippen LogP contribution in [-0.2, 0) is 6.54 Å². The highest BCUT2D eigenvalue weighted by molar-refractivity contribution is 7.07. The third kappa shape index (κ3) is 2.67. The molecule has 2 aromatic rings. The summed E-state index contributed by atoms with van der Waals surface area (Å²) < 4.78 is 12.9. The molecule has 16 heavy (non-hydrogen) atoms. The molecule has 2 rings (SSSR count). The predicted octanol–water partition coefficient (Wildman–Crippen LogP) is 4.81. The molecule has 1 heterocycles. The molecular formula is C11H8Cl2FNS. The first-order valence-electron chi connectivity index (χ1n) is 4.56. The van der Waals surface area contributed by atoms with Gasteiger partial charge in [-0.2, -0.15) is 11.3 Å². The van der Waals surface area contributed by atoms with E-state index in [4.69, 9.17) is 23.2 Å². The van der Waals surface area contributed by atoms with Gasteiger partial charge in [-0.05, 0) is 34.5 Å². The predicted molar refractivity (Wildman–Crippen MR) is 68.1 cm³/mol. The van der Waals surface area contributed by atoms with Crippen molar-refractivity contribution in [3.05, 3.63) is 50.4 Å². The van der Waals surface area contributed by atoms with E-state index in [1.165, 1.54) is 12.1 Å². The molecule has 0 unspecified atom stereocenters. The molecule has 0 aliphatic rings. The second-order valence-electron chi connectivity index (χ2n) is 3.23. The van der Waals surface area contributed by atoms with E-state index in [9.17, 15) is 4.39 Å². The Bertz CT molecular complexity index is 462. The molecule has 5 heteroatoms. The first kappa shape index (κ1) is 11.7. The molecule has 1 nitrogen and oxygen atoms in total. The van der Waals surface area contributed by atoms with Crippen molar-refractivity contribution in [1.82, 2.24) is 0 Å². The fraction of sp³-hybridized carbons (Fsp3) is 0.0909. The van der Waals surface area contributed by atoms with Crippen molar-refractivity contribution in [2.24, 2.45) is 0 Å². The molecule has 0 bridgehead atoms. The average molecular weight is 276 g/mol. The molecule has 1 aromatic heterocycles. The minimum absolute atomic E-state index is 0.292. The minimum atomic E-state index is -0.434. The van der Waals surface area contributed by atoms with Gasteiger partial charge in [0.1, 0.15) is 5.82 Å². The number of hydrogen-bond acceptors (Lipinski definition) is 2. The van der Waals surface area contributed by atoms with Gasteiger partial charge in [-0.1, -0.05) is 23.2 Å². The van der Waals surface area contributed by atoms with Crippen LogP contribution in [-0.4, -0.2) is 0 Å². The van der Waals surface area contributed by atoms with Gasteiger partial charge in [0.15, 0.2) is 0 Å². The average Bonchev–Trinajstić information content (AvgIpc) is 2.68. The van der Waals surface area contributed by atoms with Gasteiger partial charge in [0, 0.05) is 6.54 Å². The van der Waals surface area contributed by atoms with Gasteiger partial charge < -0.3 is 5.32 Å². The van der Waals surface area contributed by atoms with Crippen LogP contribution in [0.2, 0.25) is 10.0 Å². The van der Waals surface area contributed by atoms with Crippen molar-refractivity contribution < 1.29 is 4.39 Å². The van der Waals surface area contributed by atoms with Crippen LogP contribution in [0.15, 0.2) is 29.0 Å². The molecule has 0 fully saturated rings. The Hall–Kier alpha value is -0.770. The van der Waals surface area contributed by atoms with Crippen molar-refractivity contribution in [3.63, 3.8) is 0 Å². The number of halogens is 3. The Morgan fingerprint density at radius 3 is 2.50 bits per heavy atom. The van der Waals surface area contributed by atoms with Gasteiger partial charge in [0.25, 0.3) is 0 Å². The zero-order valence-electron chi connectivity index (χ0n) is 8.14. The quantitative estimate of drug-likeness (QED) is 0.848. The second-order valence-corrected chi connectivity index (χ2v) is 4.82. The Labute approximate surface area is 107 Å². The van der Waals surface area contributed by atoms with E-state index in [1.54, 1.807) is 11.3 Å².